The first-order valence-electron chi connectivity index (χ1n) is 36.3. The number of benzene rings is 7. The number of nitrogens with zero attached hydrogens (tertiary/aromatic N) is 6. The number of pyridine rings is 6. The van der Waals surface area contributed by atoms with E-state index in [2.05, 4.69) is 181 Å². The van der Waals surface area contributed by atoms with Gasteiger partial charge >= 0.3 is 165 Å². The van der Waals surface area contributed by atoms with Gasteiger partial charge in [-0.05, 0) is 246 Å². The summed E-state index contributed by atoms with van der Waals surface area (Å²) in [6.07, 6.45) is 17.4. The van der Waals surface area contributed by atoms with Gasteiger partial charge in [-0.3, -0.25) is 9.59 Å². The molecular weight excluding hydrogens is 2110 g/mol. The molecule has 1 aliphatic rings. The number of ketones is 1. The molecule has 0 spiro atoms. The minimum Gasteiger partial charge on any atom is -1.00 e. The average Bonchev–Trinajstić information content (AvgIpc) is 0.835. The van der Waals surface area contributed by atoms with Crippen LogP contribution in [0.2, 0.25) is 20.1 Å². The van der Waals surface area contributed by atoms with E-state index in [1.54, 1.807) is 98.9 Å². The van der Waals surface area contributed by atoms with Crippen LogP contribution < -0.4 is 21.6 Å². The first-order valence-corrected chi connectivity index (χ1v) is 47.9. The third kappa shape index (κ3) is 41.3. The van der Waals surface area contributed by atoms with Crippen LogP contribution in [0.1, 0.15) is 101 Å². The molecule has 0 radical (unpaired) electrons. The fraction of sp³-hybridized carbons (Fsp3) is 0.183. The van der Waals surface area contributed by atoms with E-state index < -0.39 is 12.1 Å². The molecule has 3 N–H and O–H groups in total. The summed E-state index contributed by atoms with van der Waals surface area (Å²) in [7, 11) is 2.80. The maximum absolute atomic E-state index is 12.0. The Kier molecular flexibility index (Phi) is 61.5. The van der Waals surface area contributed by atoms with Gasteiger partial charge in [-0.25, -0.2) is 29.9 Å². The monoisotopic (exact) mass is 2190 g/mol. The van der Waals surface area contributed by atoms with Gasteiger partial charge in [0.2, 0.25) is 0 Å². The van der Waals surface area contributed by atoms with E-state index in [9.17, 15) is 24.3 Å². The van der Waals surface area contributed by atoms with Crippen molar-refractivity contribution >= 4 is 244 Å². The number of ether oxygens (including phenoxy) is 2. The summed E-state index contributed by atoms with van der Waals surface area (Å²) in [5.41, 5.74) is 14.0. The molecule has 29 heteroatoms. The molecule has 6 aromatic heterocycles. The number of Topliss-reactive ketones (excluding diaryl/α,β-unsaturated/α-hetero) is 1. The standard InChI is InChI=1S/C20H20ClOP.C13H12BrClN2.C13H11BrClNO.C13H9BrClNO.2C7H6BrNO.C6H4BrNO.C6H4Cl.C4H8O.C2H7P.2CH4.ClH.Mg.H/c1-22-17-23(21,18-11-5-2-6-12-18,19-13-7-3-8-14-19)20-15-9-4-10-16-20;14-13-10(4-2-6-17-13)8-12(16)9-3-1-5-11(15)7-9;2*14-13-10(4-2-6-16-13)8-12(17)9-3-1-5-11(15)7-9;2*8-7-6(3-5-10)2-1-4-9-7;7-6-5(4-9)2-1-3-8-6;7-6-4-2-1-3-5-6;1-2-4-5-3-1;1-3-2;;;;;/h2-16H,17H2,1H3;1-7,12H,8,16H2;1-7,12,17H,8H2;1-7H,8H2;2*1-2,4-5H,3H2;1-4H;1-2,4-5H;1-4H2;3H,1-2H3;2*1H4;1H;;/q;;;;;;;-1;;;;;;+2;-1. The van der Waals surface area contributed by atoms with Crippen molar-refractivity contribution in [3.63, 3.8) is 0 Å². The second-order valence-electron chi connectivity index (χ2n) is 24.9. The van der Waals surface area contributed by atoms with Crippen LogP contribution in [0.15, 0.2) is 326 Å². The molecule has 0 saturated carbocycles. The van der Waals surface area contributed by atoms with Gasteiger partial charge in [0.1, 0.15) is 40.2 Å². The summed E-state index contributed by atoms with van der Waals surface area (Å²) < 4.78 is 15.1. The number of halogens is 12. The van der Waals surface area contributed by atoms with Crippen LogP contribution in [-0.4, -0.2) is 123 Å². The molecule has 0 aliphatic carbocycles. The number of carbonyl (C=O) groups is 4. The molecular formula is C93H97Br6Cl6MgN7O7P2. The van der Waals surface area contributed by atoms with Gasteiger partial charge < -0.3 is 26.6 Å². The van der Waals surface area contributed by atoms with Crippen molar-refractivity contribution in [3.05, 3.63) is 402 Å². The van der Waals surface area contributed by atoms with Crippen LogP contribution >= 0.6 is 180 Å². The van der Waals surface area contributed by atoms with E-state index in [1.807, 2.05) is 170 Å². The molecule has 2 atom stereocenters. The minimum atomic E-state index is -3.18. The van der Waals surface area contributed by atoms with E-state index in [-0.39, 0.29) is 63.6 Å². The normalized spacial score (nSPS) is 11.2. The van der Waals surface area contributed by atoms with Crippen molar-refractivity contribution in [2.24, 2.45) is 5.73 Å². The van der Waals surface area contributed by atoms with E-state index in [0.29, 0.717) is 67.4 Å². The number of carbonyl (C=O) groups excluding carboxylic acids is 4. The fourth-order valence-electron chi connectivity index (χ4n) is 10.6. The largest absolute Gasteiger partial charge is 2.00 e. The summed E-state index contributed by atoms with van der Waals surface area (Å²) in [6.45, 7) is 6.31. The van der Waals surface area contributed by atoms with E-state index in [4.69, 9.17) is 72.9 Å². The number of aliphatic hydroxyl groups is 1. The summed E-state index contributed by atoms with van der Waals surface area (Å²) >= 11 is 50.5. The van der Waals surface area contributed by atoms with Crippen LogP contribution in [0.25, 0.3) is 0 Å². The number of aldehydes is 3. The predicted octanol–water partition coefficient (Wildman–Crippen LogP) is 25.8. The Morgan fingerprint density at radius 2 is 0.877 bits per heavy atom. The first kappa shape index (κ1) is 114. The zero-order chi connectivity index (χ0) is 85.8. The molecule has 1 saturated heterocycles. The summed E-state index contributed by atoms with van der Waals surface area (Å²) in [5.74, 6) is -3.15. The van der Waals surface area contributed by atoms with Gasteiger partial charge in [-0.2, -0.15) is 41.9 Å². The number of aliphatic hydroxyl groups excluding tert-OH is 1. The van der Waals surface area contributed by atoms with E-state index in [0.717, 1.165) is 125 Å². The van der Waals surface area contributed by atoms with Crippen LogP contribution in [-0.2, 0) is 51.2 Å². The van der Waals surface area contributed by atoms with Gasteiger partial charge in [0, 0.05) is 108 Å². The Hall–Kier alpha value is -5.79. The molecule has 0 amide bonds. The Morgan fingerprint density at radius 1 is 0.508 bits per heavy atom. The Labute approximate surface area is 819 Å². The Balaban J connectivity index is 0.00000138. The second-order valence-corrected chi connectivity index (χ2v) is 38.6. The van der Waals surface area contributed by atoms with Crippen molar-refractivity contribution in [1.82, 2.24) is 29.9 Å². The predicted molar refractivity (Wildman–Crippen MR) is 539 cm³/mol. The molecule has 642 valence electrons. The number of aromatic nitrogens is 6. The van der Waals surface area contributed by atoms with Crippen molar-refractivity contribution < 1.29 is 35.2 Å². The van der Waals surface area contributed by atoms with Gasteiger partial charge in [0.15, 0.2) is 12.1 Å². The first-order chi connectivity index (χ1) is 57.0. The molecule has 14 rings (SSSR count). The quantitative estimate of drug-likeness (QED) is 0.0193. The minimum absolute atomic E-state index is 0. The van der Waals surface area contributed by atoms with Crippen molar-refractivity contribution in [2.75, 3.05) is 40.0 Å². The fourth-order valence-corrected chi connectivity index (χ4v) is 19.2. The molecule has 0 bridgehead atoms. The molecule has 122 heavy (non-hydrogen) atoms. The Bertz CT molecular complexity index is 4870. The summed E-state index contributed by atoms with van der Waals surface area (Å²) in [4.78, 5) is 66.5. The smallest absolute Gasteiger partial charge is 1.00 e. The number of hydrogen-bond acceptors (Lipinski definition) is 14. The maximum Gasteiger partial charge on any atom is 2.00 e. The SMILES string of the molecule is C.C.C1CCOC1.COCP(Cl)(c1ccccc1)(c1ccccc1)c1ccccc1.CPC.Cl.Clc1c[c-]ccc1.NC(Cc1cccnc1Br)c1cccc(Cl)c1.O=C(Cc1cccnc1Br)c1cccc(Cl)c1.O=CCc1cccnc1Br.O=CCc1cccnc1Br.O=Cc1cccnc1Br.OC(Cc1cccnc1Br)c1cccc(Cl)c1.[H-].[Mg+2]. The third-order valence-electron chi connectivity index (χ3n) is 16.3. The average molecular weight is 2200 g/mol. The maximum atomic E-state index is 12.0. The van der Waals surface area contributed by atoms with Crippen molar-refractivity contribution in [2.45, 2.75) is 71.9 Å². The molecule has 1 fully saturated rings. The summed E-state index contributed by atoms with van der Waals surface area (Å²) in [6, 6.07) is 85.0. The number of methoxy groups -OCH3 is 1. The van der Waals surface area contributed by atoms with Crippen LogP contribution in [0.4, 0.5) is 0 Å². The van der Waals surface area contributed by atoms with E-state index in [1.165, 1.54) is 12.8 Å². The third-order valence-corrected chi connectivity index (χ3v) is 28.4. The summed E-state index contributed by atoms with van der Waals surface area (Å²) in [5, 5.41) is 16.1. The molecule has 7 aromatic carbocycles. The molecule has 7 heterocycles. The van der Waals surface area contributed by atoms with Gasteiger partial charge in [0.25, 0.3) is 0 Å². The second kappa shape index (κ2) is 65.7. The van der Waals surface area contributed by atoms with Gasteiger partial charge in [-0.15, -0.1) is 21.0 Å². The Morgan fingerprint density at radius 3 is 1.21 bits per heavy atom. The van der Waals surface area contributed by atoms with Crippen molar-refractivity contribution in [1.29, 1.82) is 0 Å². The van der Waals surface area contributed by atoms with Crippen molar-refractivity contribution in [3.8, 4) is 0 Å². The van der Waals surface area contributed by atoms with Crippen LogP contribution in [0, 0.1) is 6.07 Å². The molecule has 1 aliphatic heterocycles. The van der Waals surface area contributed by atoms with Gasteiger partial charge in [0.05, 0.1) is 6.10 Å². The number of nitrogens with two attached hydrogens (primary N) is 1. The number of hydrogen-bond donors (Lipinski definition) is 2. The molecule has 14 nitrogen and oxygen atoms in total. The molecule has 13 aromatic rings. The van der Waals surface area contributed by atoms with Crippen LogP contribution in [0.5, 0.6) is 0 Å². The zero-order valence-electron chi connectivity index (χ0n) is 66.6. The molecule has 2 unspecified atom stereocenters. The van der Waals surface area contributed by atoms with Gasteiger partial charge in [-0.1, -0.05) is 121 Å². The zero-order valence-corrected chi connectivity index (χ0v) is 83.0. The topological polar surface area (TPSA) is 210 Å². The van der Waals surface area contributed by atoms with E-state index >= 15 is 0 Å². The van der Waals surface area contributed by atoms with Crippen LogP contribution in [0.3, 0.4) is 0 Å². The number of rotatable bonds is 19.